The van der Waals surface area contributed by atoms with E-state index in [1.807, 2.05) is 24.3 Å². The molecule has 0 saturated heterocycles. The van der Waals surface area contributed by atoms with Gasteiger partial charge >= 0.3 is 0 Å². The zero-order chi connectivity index (χ0) is 18.7. The molecule has 26 heavy (non-hydrogen) atoms. The monoisotopic (exact) mass is 373 g/mol. The van der Waals surface area contributed by atoms with Crippen molar-refractivity contribution in [3.05, 3.63) is 81.5 Å². The highest BCUT2D eigenvalue weighted by molar-refractivity contribution is 6.30. The molecule has 0 aliphatic rings. The summed E-state index contributed by atoms with van der Waals surface area (Å²) in [6.07, 6.45) is 1.68. The summed E-state index contributed by atoms with van der Waals surface area (Å²) in [7, 11) is 3.03. The summed E-state index contributed by atoms with van der Waals surface area (Å²) < 4.78 is 25.9. The van der Waals surface area contributed by atoms with Crippen LogP contribution in [0.15, 0.2) is 59.5 Å². The highest BCUT2D eigenvalue weighted by Gasteiger charge is 2.11. The molecule has 3 aromatic rings. The summed E-state index contributed by atoms with van der Waals surface area (Å²) in [5.41, 5.74) is 1.69. The Morgan fingerprint density at radius 1 is 1.00 bits per heavy atom. The van der Waals surface area contributed by atoms with Gasteiger partial charge in [0.05, 0.1) is 20.8 Å². The second kappa shape index (κ2) is 7.62. The molecular formula is C20H17ClFNO3. The van der Waals surface area contributed by atoms with E-state index in [1.165, 1.54) is 17.7 Å². The third kappa shape index (κ3) is 3.73. The molecule has 0 saturated carbocycles. The lowest BCUT2D eigenvalue weighted by Gasteiger charge is -2.12. The minimum atomic E-state index is -0.460. The van der Waals surface area contributed by atoms with Crippen LogP contribution in [-0.4, -0.2) is 18.8 Å². The van der Waals surface area contributed by atoms with Gasteiger partial charge in [-0.3, -0.25) is 4.79 Å². The maximum absolute atomic E-state index is 14.1. The minimum Gasteiger partial charge on any atom is -0.497 e. The van der Waals surface area contributed by atoms with Crippen LogP contribution in [0.25, 0.3) is 11.1 Å². The molecule has 0 radical (unpaired) electrons. The summed E-state index contributed by atoms with van der Waals surface area (Å²) >= 11 is 5.79. The van der Waals surface area contributed by atoms with Gasteiger partial charge in [0, 0.05) is 22.3 Å². The fraction of sp³-hybridized carbons (Fsp3) is 0.150. The van der Waals surface area contributed by atoms with Gasteiger partial charge in [0.25, 0.3) is 5.56 Å². The Hall–Kier alpha value is -2.79. The Bertz CT molecular complexity index is 983. The molecule has 1 aromatic heterocycles. The molecule has 0 amide bonds. The molecule has 0 N–H and O–H groups in total. The van der Waals surface area contributed by atoms with Gasteiger partial charge in [-0.05, 0) is 35.9 Å². The molecule has 0 atom stereocenters. The van der Waals surface area contributed by atoms with Gasteiger partial charge in [0.2, 0.25) is 0 Å². The number of nitrogens with zero attached hydrogens (tertiary/aromatic N) is 1. The Balaban J connectivity index is 2.05. The van der Waals surface area contributed by atoms with E-state index in [4.69, 9.17) is 21.1 Å². The van der Waals surface area contributed by atoms with Crippen molar-refractivity contribution in [1.29, 1.82) is 0 Å². The van der Waals surface area contributed by atoms with E-state index in [0.717, 1.165) is 16.9 Å². The number of ether oxygens (including phenoxy) is 2. The number of benzene rings is 2. The highest BCUT2D eigenvalue weighted by atomic mass is 35.5. The predicted octanol–water partition coefficient (Wildman–Crippen LogP) is 4.37. The van der Waals surface area contributed by atoms with Gasteiger partial charge in [-0.2, -0.15) is 0 Å². The van der Waals surface area contributed by atoms with E-state index < -0.39 is 5.82 Å². The lowest BCUT2D eigenvalue weighted by molar-refractivity contribution is 0.403. The van der Waals surface area contributed by atoms with Crippen LogP contribution < -0.4 is 15.0 Å². The van der Waals surface area contributed by atoms with Crippen molar-refractivity contribution in [3.63, 3.8) is 0 Å². The molecule has 4 nitrogen and oxygen atoms in total. The van der Waals surface area contributed by atoms with Gasteiger partial charge in [-0.25, -0.2) is 4.39 Å². The van der Waals surface area contributed by atoms with Crippen molar-refractivity contribution >= 4 is 11.6 Å². The number of hydrogen-bond acceptors (Lipinski definition) is 3. The quantitative estimate of drug-likeness (QED) is 0.666. The van der Waals surface area contributed by atoms with E-state index in [2.05, 4.69) is 0 Å². The van der Waals surface area contributed by atoms with Crippen LogP contribution in [-0.2, 0) is 6.54 Å². The molecule has 3 rings (SSSR count). The van der Waals surface area contributed by atoms with Crippen LogP contribution in [0.4, 0.5) is 4.39 Å². The van der Waals surface area contributed by atoms with Crippen LogP contribution in [0.5, 0.6) is 11.5 Å². The average Bonchev–Trinajstić information content (AvgIpc) is 2.65. The van der Waals surface area contributed by atoms with E-state index in [9.17, 15) is 9.18 Å². The van der Waals surface area contributed by atoms with Crippen LogP contribution in [0.3, 0.4) is 0 Å². The number of methoxy groups -OCH3 is 2. The van der Waals surface area contributed by atoms with Gasteiger partial charge in [0.15, 0.2) is 5.75 Å². The zero-order valence-electron chi connectivity index (χ0n) is 14.3. The third-order valence-electron chi connectivity index (χ3n) is 4.05. The van der Waals surface area contributed by atoms with Crippen LogP contribution in [0.2, 0.25) is 5.02 Å². The zero-order valence-corrected chi connectivity index (χ0v) is 15.1. The number of aromatic nitrogens is 1. The standard InChI is InChI=1S/C20H17ClFNO3/c1-25-17-7-4-13(5-8-17)15-9-19(26-2)20(24)23(12-15)11-14-3-6-16(21)10-18(14)22/h3-10,12H,11H2,1-2H3. The predicted molar refractivity (Wildman–Crippen MR) is 99.8 cm³/mol. The van der Waals surface area contributed by atoms with Crippen molar-refractivity contribution in [2.75, 3.05) is 14.2 Å². The maximum atomic E-state index is 14.1. The van der Waals surface area contributed by atoms with Crippen molar-refractivity contribution in [3.8, 4) is 22.6 Å². The van der Waals surface area contributed by atoms with Gasteiger partial charge in [-0.15, -0.1) is 0 Å². The number of rotatable bonds is 5. The van der Waals surface area contributed by atoms with Gasteiger partial charge < -0.3 is 14.0 Å². The molecule has 0 aliphatic carbocycles. The first-order valence-electron chi connectivity index (χ1n) is 7.88. The largest absolute Gasteiger partial charge is 0.497 e. The first kappa shape index (κ1) is 18.0. The third-order valence-corrected chi connectivity index (χ3v) is 4.29. The van der Waals surface area contributed by atoms with Gasteiger partial charge in [0.1, 0.15) is 11.6 Å². The van der Waals surface area contributed by atoms with E-state index >= 15 is 0 Å². The Morgan fingerprint density at radius 2 is 1.73 bits per heavy atom. The van der Waals surface area contributed by atoms with Crippen LogP contribution in [0, 0.1) is 5.82 Å². The minimum absolute atomic E-state index is 0.0716. The average molecular weight is 374 g/mol. The maximum Gasteiger partial charge on any atom is 0.293 e. The topological polar surface area (TPSA) is 40.5 Å². The first-order chi connectivity index (χ1) is 12.5. The molecule has 134 valence electrons. The second-order valence-electron chi connectivity index (χ2n) is 5.69. The van der Waals surface area contributed by atoms with E-state index in [-0.39, 0.29) is 17.9 Å². The van der Waals surface area contributed by atoms with E-state index in [1.54, 1.807) is 31.5 Å². The fourth-order valence-electron chi connectivity index (χ4n) is 2.65. The second-order valence-corrected chi connectivity index (χ2v) is 6.13. The molecule has 1 heterocycles. The molecular weight excluding hydrogens is 357 g/mol. The Labute approximate surface area is 155 Å². The Kier molecular flexibility index (Phi) is 5.28. The van der Waals surface area contributed by atoms with Crippen molar-refractivity contribution in [1.82, 2.24) is 4.57 Å². The highest BCUT2D eigenvalue weighted by Crippen LogP contribution is 2.24. The molecule has 0 fully saturated rings. The first-order valence-corrected chi connectivity index (χ1v) is 8.26. The smallest absolute Gasteiger partial charge is 0.293 e. The summed E-state index contributed by atoms with van der Waals surface area (Å²) in [5.74, 6) is 0.461. The number of hydrogen-bond donors (Lipinski definition) is 0. The number of pyridine rings is 1. The molecule has 2 aromatic carbocycles. The normalized spacial score (nSPS) is 10.6. The fourth-order valence-corrected chi connectivity index (χ4v) is 2.81. The van der Waals surface area contributed by atoms with Crippen molar-refractivity contribution in [2.24, 2.45) is 0 Å². The Morgan fingerprint density at radius 3 is 2.35 bits per heavy atom. The molecule has 0 aliphatic heterocycles. The van der Waals surface area contributed by atoms with E-state index in [0.29, 0.717) is 10.6 Å². The lowest BCUT2D eigenvalue weighted by atomic mass is 10.1. The summed E-state index contributed by atoms with van der Waals surface area (Å²) in [5, 5.41) is 0.308. The lowest BCUT2D eigenvalue weighted by Crippen LogP contribution is -2.22. The van der Waals surface area contributed by atoms with Gasteiger partial charge in [-0.1, -0.05) is 29.8 Å². The van der Waals surface area contributed by atoms with Crippen LogP contribution in [0.1, 0.15) is 5.56 Å². The molecule has 0 unspecified atom stereocenters. The number of halogens is 2. The SMILES string of the molecule is COc1ccc(-c2cc(OC)c(=O)n(Cc3ccc(Cl)cc3F)c2)cc1. The van der Waals surface area contributed by atoms with Crippen molar-refractivity contribution < 1.29 is 13.9 Å². The molecule has 0 spiro atoms. The molecule has 6 heteroatoms. The summed E-state index contributed by atoms with van der Waals surface area (Å²) in [6.45, 7) is 0.0716. The summed E-state index contributed by atoms with van der Waals surface area (Å²) in [4.78, 5) is 12.5. The summed E-state index contributed by atoms with van der Waals surface area (Å²) in [6, 6.07) is 13.5. The van der Waals surface area contributed by atoms with Crippen LogP contribution >= 0.6 is 11.6 Å². The molecule has 0 bridgehead atoms. The van der Waals surface area contributed by atoms with Crippen molar-refractivity contribution in [2.45, 2.75) is 6.54 Å².